The predicted octanol–water partition coefficient (Wildman–Crippen LogP) is 4.39. The Kier molecular flexibility index (Phi) is 12.5. The number of aromatic nitrogens is 1. The lowest BCUT2D eigenvalue weighted by Crippen LogP contribution is -2.52. The molecule has 2 aromatic carbocycles. The number of carboxylic acid groups (broad SMARTS) is 1. The van der Waals surface area contributed by atoms with Crippen LogP contribution < -0.4 is 20.3 Å². The molecule has 2 fully saturated rings. The lowest BCUT2D eigenvalue weighted by atomic mass is 9.96. The smallest absolute Gasteiger partial charge is 0.329 e. The van der Waals surface area contributed by atoms with E-state index >= 15 is 0 Å². The van der Waals surface area contributed by atoms with Crippen molar-refractivity contribution < 1.29 is 32.6 Å². The van der Waals surface area contributed by atoms with Crippen LogP contribution in [-0.4, -0.2) is 91.8 Å². The number of aryl methyl sites for hydroxylation is 3. The second-order valence-electron chi connectivity index (χ2n) is 13.4. The van der Waals surface area contributed by atoms with E-state index in [2.05, 4.69) is 20.9 Å². The monoisotopic (exact) mass is 720 g/mol. The van der Waals surface area contributed by atoms with Crippen molar-refractivity contribution >= 4 is 39.4 Å². The summed E-state index contributed by atoms with van der Waals surface area (Å²) in [5.74, 6) is -1.35. The third kappa shape index (κ3) is 9.56. The maximum atomic E-state index is 14.2. The van der Waals surface area contributed by atoms with E-state index in [-0.39, 0.29) is 35.2 Å². The molecule has 51 heavy (non-hydrogen) atoms. The number of para-hydroxylation sites is 1. The van der Waals surface area contributed by atoms with Crippen molar-refractivity contribution in [2.75, 3.05) is 35.9 Å². The Labute approximate surface area is 299 Å². The molecule has 3 amide bonds. The first-order valence-electron chi connectivity index (χ1n) is 17.4. The van der Waals surface area contributed by atoms with Gasteiger partial charge in [-0.1, -0.05) is 61.2 Å². The van der Waals surface area contributed by atoms with Gasteiger partial charge >= 0.3 is 12.0 Å². The van der Waals surface area contributed by atoms with Crippen molar-refractivity contribution in [3.8, 4) is 0 Å². The van der Waals surface area contributed by atoms with Crippen molar-refractivity contribution in [2.45, 2.75) is 88.4 Å². The van der Waals surface area contributed by atoms with Gasteiger partial charge in [-0.15, -0.1) is 0 Å². The second kappa shape index (κ2) is 17.0. The van der Waals surface area contributed by atoms with Crippen LogP contribution in [0.25, 0.3) is 0 Å². The molecular formula is C37H48N6O7S. The number of nitrogens with one attached hydrogen (secondary N) is 3. The number of pyridine rings is 1. The highest BCUT2D eigenvalue weighted by Crippen LogP contribution is 2.31. The number of carbonyl (C=O) groups excluding carboxylic acids is 2. The van der Waals surface area contributed by atoms with Crippen molar-refractivity contribution in [3.05, 3.63) is 83.6 Å². The van der Waals surface area contributed by atoms with E-state index in [1.165, 1.54) is 18.6 Å². The van der Waals surface area contributed by atoms with E-state index in [1.807, 2.05) is 25.1 Å². The molecule has 1 saturated heterocycles. The van der Waals surface area contributed by atoms with Crippen LogP contribution in [0, 0.1) is 20.8 Å². The van der Waals surface area contributed by atoms with Gasteiger partial charge < -0.3 is 30.7 Å². The third-order valence-corrected chi connectivity index (χ3v) is 11.5. The number of carbonyl (C=O) groups is 3. The molecule has 2 heterocycles. The molecule has 1 aromatic heterocycles. The van der Waals surface area contributed by atoms with Crippen LogP contribution in [0.3, 0.4) is 0 Å². The number of hydrogen-bond donors (Lipinski definition) is 4. The number of amides is 3. The minimum absolute atomic E-state index is 0.0169. The van der Waals surface area contributed by atoms with E-state index in [0.717, 1.165) is 35.6 Å². The van der Waals surface area contributed by atoms with Gasteiger partial charge in [-0.3, -0.25) is 9.10 Å². The predicted molar refractivity (Wildman–Crippen MR) is 194 cm³/mol. The highest BCUT2D eigenvalue weighted by molar-refractivity contribution is 7.93. The van der Waals surface area contributed by atoms with Crippen LogP contribution >= 0.6 is 0 Å². The third-order valence-electron chi connectivity index (χ3n) is 9.40. The Balaban J connectivity index is 1.25. The van der Waals surface area contributed by atoms with Crippen LogP contribution in [0.5, 0.6) is 0 Å². The molecule has 3 aromatic rings. The number of nitrogens with zero attached hydrogens (tertiary/aromatic N) is 3. The quantitative estimate of drug-likeness (QED) is 0.189. The average Bonchev–Trinajstić information content (AvgIpc) is 3.52. The Morgan fingerprint density at radius 3 is 2.33 bits per heavy atom. The largest absolute Gasteiger partial charge is 0.480 e. The summed E-state index contributed by atoms with van der Waals surface area (Å²) < 4.78 is 35.3. The molecule has 0 radical (unpaired) electrons. The number of urea groups is 1. The van der Waals surface area contributed by atoms with Crippen molar-refractivity contribution in [2.24, 2.45) is 0 Å². The van der Waals surface area contributed by atoms with Gasteiger partial charge in [-0.05, 0) is 75.4 Å². The molecule has 1 aliphatic carbocycles. The molecule has 2 aliphatic rings. The number of sulfonamides is 1. The van der Waals surface area contributed by atoms with Gasteiger partial charge in [-0.25, -0.2) is 23.0 Å². The molecule has 3 atom stereocenters. The maximum Gasteiger partial charge on any atom is 0.329 e. The SMILES string of the molecule is Cc1cc(C)c(S(=O)(=O)N(c2ccccc2)C(CNC(=O)COC2CC(CNc3ccccn3)N(C(=O)NC3CCCCC3)C2)C(=O)O)c(C)c1. The molecule has 3 unspecified atom stereocenters. The molecular weight excluding hydrogens is 673 g/mol. The molecule has 14 heteroatoms. The Bertz CT molecular complexity index is 1750. The van der Waals surface area contributed by atoms with Crippen LogP contribution in [0.1, 0.15) is 55.2 Å². The normalized spacial score (nSPS) is 18.5. The first-order chi connectivity index (χ1) is 24.4. The minimum atomic E-state index is -4.39. The highest BCUT2D eigenvalue weighted by Gasteiger charge is 2.39. The topological polar surface area (TPSA) is 170 Å². The van der Waals surface area contributed by atoms with Crippen LogP contribution in [-0.2, 0) is 24.3 Å². The van der Waals surface area contributed by atoms with Crippen molar-refractivity contribution in [1.29, 1.82) is 0 Å². The lowest BCUT2D eigenvalue weighted by Gasteiger charge is -2.31. The maximum absolute atomic E-state index is 14.2. The number of carboxylic acids is 1. The van der Waals surface area contributed by atoms with Crippen LogP contribution in [0.15, 0.2) is 71.8 Å². The van der Waals surface area contributed by atoms with Gasteiger partial charge in [0.2, 0.25) is 5.91 Å². The number of benzene rings is 2. The molecule has 13 nitrogen and oxygen atoms in total. The molecule has 1 saturated carbocycles. The van der Waals surface area contributed by atoms with E-state index in [0.29, 0.717) is 29.9 Å². The van der Waals surface area contributed by atoms with Gasteiger partial charge in [0, 0.05) is 31.9 Å². The number of anilines is 2. The molecule has 5 rings (SSSR count). The zero-order chi connectivity index (χ0) is 36.5. The summed E-state index contributed by atoms with van der Waals surface area (Å²) in [4.78, 5) is 45.3. The van der Waals surface area contributed by atoms with Gasteiger partial charge in [0.05, 0.1) is 22.7 Å². The lowest BCUT2D eigenvalue weighted by molar-refractivity contribution is -0.138. The Morgan fingerprint density at radius 2 is 1.69 bits per heavy atom. The zero-order valence-corrected chi connectivity index (χ0v) is 30.2. The zero-order valence-electron chi connectivity index (χ0n) is 29.4. The molecule has 0 bridgehead atoms. The summed E-state index contributed by atoms with van der Waals surface area (Å²) in [6.07, 6.45) is 6.93. The molecule has 4 N–H and O–H groups in total. The van der Waals surface area contributed by atoms with Gasteiger partial charge in [-0.2, -0.15) is 0 Å². The standard InChI is InChI=1S/C37H48N6O7S/c1-25-18-26(2)35(27(3)19-25)51(48,49)43(29-14-8-5-9-15-29)32(36(45)46)22-40-34(44)24-50-31-20-30(21-39-33-16-10-11-17-38-33)42(23-31)37(47)41-28-12-6-4-7-13-28/h5,8-11,14-19,28,30-32H,4,6-7,12-13,20-24H2,1-3H3,(H,38,39)(H,40,44)(H,41,47)(H,45,46). The van der Waals surface area contributed by atoms with Gasteiger partial charge in [0.15, 0.2) is 6.04 Å². The fourth-order valence-corrected chi connectivity index (χ4v) is 9.12. The van der Waals surface area contributed by atoms with E-state index in [1.54, 1.807) is 55.3 Å². The average molecular weight is 721 g/mol. The van der Waals surface area contributed by atoms with E-state index in [9.17, 15) is 27.9 Å². The number of aliphatic carboxylic acids is 1. The number of hydrogen-bond acceptors (Lipinski definition) is 8. The first kappa shape index (κ1) is 37.6. The summed E-state index contributed by atoms with van der Waals surface area (Å²) >= 11 is 0. The second-order valence-corrected chi connectivity index (χ2v) is 15.1. The van der Waals surface area contributed by atoms with E-state index in [4.69, 9.17) is 4.74 Å². The molecule has 0 spiro atoms. The minimum Gasteiger partial charge on any atom is -0.480 e. The van der Waals surface area contributed by atoms with E-state index < -0.39 is 47.2 Å². The summed E-state index contributed by atoms with van der Waals surface area (Å²) in [5, 5.41) is 19.4. The fraction of sp³-hybridized carbons (Fsp3) is 0.459. The first-order valence-corrected chi connectivity index (χ1v) is 18.9. The number of rotatable bonds is 14. The van der Waals surface area contributed by atoms with Crippen LogP contribution in [0.4, 0.5) is 16.3 Å². The van der Waals surface area contributed by atoms with Gasteiger partial charge in [0.25, 0.3) is 10.0 Å². The highest BCUT2D eigenvalue weighted by atomic mass is 32.2. The fourth-order valence-electron chi connectivity index (χ4n) is 7.09. The summed E-state index contributed by atoms with van der Waals surface area (Å²) in [6.45, 7) is 5.01. The van der Waals surface area contributed by atoms with Crippen LogP contribution in [0.2, 0.25) is 0 Å². The van der Waals surface area contributed by atoms with Gasteiger partial charge in [0.1, 0.15) is 12.4 Å². The number of likely N-dealkylation sites (tertiary alicyclic amines) is 1. The molecule has 1 aliphatic heterocycles. The Morgan fingerprint density at radius 1 is 1.00 bits per heavy atom. The molecule has 274 valence electrons. The number of ether oxygens (including phenoxy) is 1. The summed E-state index contributed by atoms with van der Waals surface area (Å²) in [5.41, 5.74) is 2.00. The Hall–Kier alpha value is -4.69. The summed E-state index contributed by atoms with van der Waals surface area (Å²) in [7, 11) is -4.39. The van der Waals surface area contributed by atoms with Crippen molar-refractivity contribution in [1.82, 2.24) is 20.5 Å². The summed E-state index contributed by atoms with van der Waals surface area (Å²) in [6, 6.07) is 15.1. The van der Waals surface area contributed by atoms with Crippen molar-refractivity contribution in [3.63, 3.8) is 0 Å².